The fourth-order valence-corrected chi connectivity index (χ4v) is 4.06. The van der Waals surface area contributed by atoms with Crippen LogP contribution < -0.4 is 10.6 Å². The van der Waals surface area contributed by atoms with Crippen LogP contribution in [0.4, 0.5) is 0 Å². The fourth-order valence-electron chi connectivity index (χ4n) is 4.06. The van der Waals surface area contributed by atoms with Gasteiger partial charge in [0.1, 0.15) is 0 Å². The number of para-hydroxylation sites is 1. The van der Waals surface area contributed by atoms with Gasteiger partial charge in [-0.3, -0.25) is 4.99 Å². The summed E-state index contributed by atoms with van der Waals surface area (Å²) in [5.74, 6) is 1.62. The molecule has 28 heavy (non-hydrogen) atoms. The molecule has 6 heteroatoms. The summed E-state index contributed by atoms with van der Waals surface area (Å²) in [7, 11) is 3.62. The van der Waals surface area contributed by atoms with Crippen molar-refractivity contribution in [1.29, 1.82) is 0 Å². The standard InChI is InChI=1S/C22H35N5O/c1-17-19(20-6-4-5-7-21(20)26-17)8-11-24-22(23-2)25-16-18-9-12-27(13-10-18)14-15-28-3/h4-7,18,26H,8-16H2,1-3H3,(H2,23,24,25). The minimum Gasteiger partial charge on any atom is -0.383 e. The summed E-state index contributed by atoms with van der Waals surface area (Å²) >= 11 is 0. The van der Waals surface area contributed by atoms with Gasteiger partial charge in [0.05, 0.1) is 6.61 Å². The molecule has 0 atom stereocenters. The molecule has 3 rings (SSSR count). The Balaban J connectivity index is 1.40. The average molecular weight is 386 g/mol. The topological polar surface area (TPSA) is 64.7 Å². The van der Waals surface area contributed by atoms with Crippen LogP contribution >= 0.6 is 0 Å². The number of guanidine groups is 1. The van der Waals surface area contributed by atoms with E-state index < -0.39 is 0 Å². The smallest absolute Gasteiger partial charge is 0.190 e. The number of hydrogen-bond donors (Lipinski definition) is 3. The van der Waals surface area contributed by atoms with Gasteiger partial charge >= 0.3 is 0 Å². The van der Waals surface area contributed by atoms with Gasteiger partial charge in [0.25, 0.3) is 0 Å². The molecule has 0 aliphatic carbocycles. The summed E-state index contributed by atoms with van der Waals surface area (Å²) in [6.45, 7) is 8.23. The summed E-state index contributed by atoms with van der Waals surface area (Å²) in [6, 6.07) is 8.52. The van der Waals surface area contributed by atoms with E-state index in [1.165, 1.54) is 48.1 Å². The molecule has 1 aliphatic heterocycles. The average Bonchev–Trinajstić information content (AvgIpc) is 3.05. The van der Waals surface area contributed by atoms with Crippen LogP contribution in [0.25, 0.3) is 10.9 Å². The number of aromatic nitrogens is 1. The van der Waals surface area contributed by atoms with Crippen LogP contribution in [0.3, 0.4) is 0 Å². The Bertz CT molecular complexity index is 761. The molecule has 1 aromatic carbocycles. The first-order valence-corrected chi connectivity index (χ1v) is 10.4. The third-order valence-corrected chi connectivity index (χ3v) is 5.80. The van der Waals surface area contributed by atoms with Gasteiger partial charge in [-0.1, -0.05) is 18.2 Å². The van der Waals surface area contributed by atoms with E-state index in [1.54, 1.807) is 7.11 Å². The highest BCUT2D eigenvalue weighted by molar-refractivity contribution is 5.84. The molecule has 0 unspecified atom stereocenters. The minimum atomic E-state index is 0.716. The molecule has 1 saturated heterocycles. The van der Waals surface area contributed by atoms with E-state index in [2.05, 4.69) is 56.7 Å². The first-order chi connectivity index (χ1) is 13.7. The first-order valence-electron chi connectivity index (χ1n) is 10.4. The molecule has 6 nitrogen and oxygen atoms in total. The molecule has 0 saturated carbocycles. The molecular formula is C22H35N5O. The number of aromatic amines is 1. The Labute approximate surface area is 168 Å². The van der Waals surface area contributed by atoms with Crippen LogP contribution in [0.15, 0.2) is 29.3 Å². The second-order valence-corrected chi connectivity index (χ2v) is 7.68. The molecule has 2 aromatic rings. The van der Waals surface area contributed by atoms with E-state index in [0.717, 1.165) is 38.6 Å². The van der Waals surface area contributed by atoms with E-state index in [9.17, 15) is 0 Å². The van der Waals surface area contributed by atoms with Gasteiger partial charge in [-0.25, -0.2) is 0 Å². The SMILES string of the molecule is CN=C(NCCc1c(C)[nH]c2ccccc12)NCC1CCN(CCOC)CC1. The van der Waals surface area contributed by atoms with Gasteiger partial charge in [0.15, 0.2) is 5.96 Å². The lowest BCUT2D eigenvalue weighted by Crippen LogP contribution is -2.43. The summed E-state index contributed by atoms with van der Waals surface area (Å²) in [4.78, 5) is 10.4. The molecule has 2 heterocycles. The molecule has 154 valence electrons. The number of H-pyrrole nitrogens is 1. The third kappa shape index (κ3) is 5.49. The maximum absolute atomic E-state index is 5.18. The number of nitrogens with zero attached hydrogens (tertiary/aromatic N) is 2. The number of likely N-dealkylation sites (tertiary alicyclic amines) is 1. The second-order valence-electron chi connectivity index (χ2n) is 7.68. The third-order valence-electron chi connectivity index (χ3n) is 5.80. The van der Waals surface area contributed by atoms with Crippen molar-refractivity contribution in [2.24, 2.45) is 10.9 Å². The van der Waals surface area contributed by atoms with Crippen molar-refractivity contribution < 1.29 is 4.74 Å². The van der Waals surface area contributed by atoms with Crippen molar-refractivity contribution >= 4 is 16.9 Å². The summed E-state index contributed by atoms with van der Waals surface area (Å²) < 4.78 is 5.18. The molecule has 0 bridgehead atoms. The minimum absolute atomic E-state index is 0.716. The number of ether oxygens (including phenoxy) is 1. The Morgan fingerprint density at radius 1 is 1.25 bits per heavy atom. The van der Waals surface area contributed by atoms with Crippen LogP contribution in [0.1, 0.15) is 24.1 Å². The van der Waals surface area contributed by atoms with Crippen LogP contribution in [-0.2, 0) is 11.2 Å². The van der Waals surface area contributed by atoms with E-state index in [-0.39, 0.29) is 0 Å². The zero-order valence-corrected chi connectivity index (χ0v) is 17.6. The second kappa shape index (κ2) is 10.5. The van der Waals surface area contributed by atoms with Gasteiger partial charge in [0, 0.05) is 50.4 Å². The fraction of sp³-hybridized carbons (Fsp3) is 0.591. The van der Waals surface area contributed by atoms with Crippen molar-refractivity contribution in [3.63, 3.8) is 0 Å². The zero-order chi connectivity index (χ0) is 19.8. The largest absolute Gasteiger partial charge is 0.383 e. The van der Waals surface area contributed by atoms with Crippen LogP contribution in [0.5, 0.6) is 0 Å². The highest BCUT2D eigenvalue weighted by Gasteiger charge is 2.19. The van der Waals surface area contributed by atoms with E-state index in [4.69, 9.17) is 4.74 Å². The molecule has 1 fully saturated rings. The molecule has 1 aliphatic rings. The maximum Gasteiger partial charge on any atom is 0.190 e. The Morgan fingerprint density at radius 3 is 2.79 bits per heavy atom. The number of benzene rings is 1. The first kappa shape index (κ1) is 20.7. The number of aliphatic imine (C=N–C) groups is 1. The Kier molecular flexibility index (Phi) is 7.74. The molecule has 0 radical (unpaired) electrons. The number of aryl methyl sites for hydroxylation is 1. The lowest BCUT2D eigenvalue weighted by Gasteiger charge is -2.32. The van der Waals surface area contributed by atoms with Gasteiger partial charge in [-0.2, -0.15) is 0 Å². The van der Waals surface area contributed by atoms with Crippen molar-refractivity contribution in [2.75, 3.05) is 53.5 Å². The lowest BCUT2D eigenvalue weighted by atomic mass is 9.97. The number of nitrogens with one attached hydrogen (secondary N) is 3. The van der Waals surface area contributed by atoms with Crippen molar-refractivity contribution in [2.45, 2.75) is 26.2 Å². The van der Waals surface area contributed by atoms with Crippen molar-refractivity contribution in [3.8, 4) is 0 Å². The van der Waals surface area contributed by atoms with Gasteiger partial charge in [-0.05, 0) is 56.8 Å². The van der Waals surface area contributed by atoms with Crippen LogP contribution in [-0.4, -0.2) is 69.3 Å². The monoisotopic (exact) mass is 385 g/mol. The number of hydrogen-bond acceptors (Lipinski definition) is 3. The van der Waals surface area contributed by atoms with Crippen molar-refractivity contribution in [1.82, 2.24) is 20.5 Å². The molecule has 0 spiro atoms. The van der Waals surface area contributed by atoms with Gasteiger partial charge in [-0.15, -0.1) is 0 Å². The quantitative estimate of drug-likeness (QED) is 0.483. The summed E-state index contributed by atoms with van der Waals surface area (Å²) in [5, 5.41) is 8.31. The zero-order valence-electron chi connectivity index (χ0n) is 17.6. The number of fused-ring (bicyclic) bond motifs is 1. The van der Waals surface area contributed by atoms with E-state index in [0.29, 0.717) is 5.92 Å². The molecule has 0 amide bonds. The Morgan fingerprint density at radius 2 is 2.04 bits per heavy atom. The number of rotatable bonds is 8. The van der Waals surface area contributed by atoms with Crippen molar-refractivity contribution in [3.05, 3.63) is 35.5 Å². The molecule has 3 N–H and O–H groups in total. The highest BCUT2D eigenvalue weighted by atomic mass is 16.5. The van der Waals surface area contributed by atoms with E-state index >= 15 is 0 Å². The molecular weight excluding hydrogens is 350 g/mol. The molecule has 1 aromatic heterocycles. The highest BCUT2D eigenvalue weighted by Crippen LogP contribution is 2.22. The predicted octanol–water partition coefficient (Wildman–Crippen LogP) is 2.54. The predicted molar refractivity (Wildman–Crippen MR) is 117 cm³/mol. The number of methoxy groups -OCH3 is 1. The number of piperidine rings is 1. The normalized spacial score (nSPS) is 16.6. The van der Waals surface area contributed by atoms with E-state index in [1.807, 2.05) is 7.05 Å². The van der Waals surface area contributed by atoms with Crippen LogP contribution in [0, 0.1) is 12.8 Å². The lowest BCUT2D eigenvalue weighted by molar-refractivity contribution is 0.121. The van der Waals surface area contributed by atoms with Crippen LogP contribution in [0.2, 0.25) is 0 Å². The maximum atomic E-state index is 5.18. The summed E-state index contributed by atoms with van der Waals surface area (Å²) in [6.07, 6.45) is 3.46. The van der Waals surface area contributed by atoms with Gasteiger partial charge in [0.2, 0.25) is 0 Å². The van der Waals surface area contributed by atoms with Gasteiger partial charge < -0.3 is 25.3 Å². The Hall–Kier alpha value is -2.05. The summed E-state index contributed by atoms with van der Waals surface area (Å²) in [5.41, 5.74) is 3.86.